The number of nitrogens with one attached hydrogen (secondary N) is 1. The number of hydrogen-bond acceptors (Lipinski definition) is 4. The predicted octanol–water partition coefficient (Wildman–Crippen LogP) is 0.992. The lowest BCUT2D eigenvalue weighted by molar-refractivity contribution is 0.0646. The Bertz CT molecular complexity index is 389. The molecule has 0 aromatic carbocycles. The van der Waals surface area contributed by atoms with Crippen LogP contribution in [-0.2, 0) is 0 Å². The molecule has 1 aliphatic carbocycles. The van der Waals surface area contributed by atoms with E-state index in [1.807, 2.05) is 7.05 Å². The third-order valence-electron chi connectivity index (χ3n) is 3.09. The summed E-state index contributed by atoms with van der Waals surface area (Å²) in [5, 5.41) is 0. The van der Waals surface area contributed by atoms with Gasteiger partial charge in [0, 0.05) is 19.3 Å². The van der Waals surface area contributed by atoms with Crippen LogP contribution in [0.1, 0.15) is 29.8 Å². The Labute approximate surface area is 94.6 Å². The van der Waals surface area contributed by atoms with Gasteiger partial charge in [-0.05, 0) is 31.4 Å². The van der Waals surface area contributed by atoms with E-state index in [4.69, 9.17) is 5.84 Å². The van der Waals surface area contributed by atoms with E-state index in [1.54, 1.807) is 23.2 Å². The van der Waals surface area contributed by atoms with E-state index in [2.05, 4.69) is 10.4 Å². The highest BCUT2D eigenvalue weighted by molar-refractivity contribution is 5.93. The molecular formula is C11H16N4O. The normalized spacial score (nSPS) is 15.4. The van der Waals surface area contributed by atoms with Crippen LogP contribution in [0.25, 0.3) is 0 Å². The van der Waals surface area contributed by atoms with Crippen molar-refractivity contribution < 1.29 is 4.79 Å². The number of nitrogen functional groups attached to an aromatic ring is 1. The van der Waals surface area contributed by atoms with Crippen LogP contribution in [0.5, 0.6) is 0 Å². The Morgan fingerprint density at radius 3 is 2.94 bits per heavy atom. The van der Waals surface area contributed by atoms with Gasteiger partial charge in [-0.3, -0.25) is 15.6 Å². The van der Waals surface area contributed by atoms with Gasteiger partial charge in [0.2, 0.25) is 0 Å². The summed E-state index contributed by atoms with van der Waals surface area (Å²) < 4.78 is 0. The van der Waals surface area contributed by atoms with Crippen LogP contribution in [0.4, 0.5) is 5.69 Å². The number of nitrogens with two attached hydrogens (primary N) is 1. The molecule has 0 unspecified atom stereocenters. The molecule has 1 amide bonds. The molecule has 1 aromatic rings. The van der Waals surface area contributed by atoms with Gasteiger partial charge in [-0.1, -0.05) is 0 Å². The van der Waals surface area contributed by atoms with E-state index in [-0.39, 0.29) is 5.91 Å². The number of hydrazine groups is 1. The third kappa shape index (κ3) is 1.99. The number of amides is 1. The Balaban J connectivity index is 2.12. The first kappa shape index (κ1) is 10.9. The number of pyridine rings is 1. The highest BCUT2D eigenvalue weighted by Gasteiger charge is 2.26. The van der Waals surface area contributed by atoms with Gasteiger partial charge in [0.15, 0.2) is 0 Å². The van der Waals surface area contributed by atoms with Gasteiger partial charge in [-0.2, -0.15) is 0 Å². The van der Waals surface area contributed by atoms with Crippen molar-refractivity contribution in [3.8, 4) is 0 Å². The molecule has 0 atom stereocenters. The van der Waals surface area contributed by atoms with E-state index < -0.39 is 0 Å². The molecule has 1 saturated carbocycles. The first-order valence-corrected chi connectivity index (χ1v) is 5.42. The van der Waals surface area contributed by atoms with Crippen LogP contribution < -0.4 is 11.3 Å². The SMILES string of the molecule is CN(C(=O)c1cc(NN)ccn1)C1CCC1. The third-order valence-corrected chi connectivity index (χ3v) is 3.09. The van der Waals surface area contributed by atoms with Crippen molar-refractivity contribution in [2.75, 3.05) is 12.5 Å². The highest BCUT2D eigenvalue weighted by atomic mass is 16.2. The number of carbonyl (C=O) groups excluding carboxylic acids is 1. The average Bonchev–Trinajstić information content (AvgIpc) is 2.25. The van der Waals surface area contributed by atoms with Crippen molar-refractivity contribution in [3.63, 3.8) is 0 Å². The Morgan fingerprint density at radius 1 is 1.62 bits per heavy atom. The zero-order chi connectivity index (χ0) is 11.5. The fourth-order valence-corrected chi connectivity index (χ4v) is 1.76. The lowest BCUT2D eigenvalue weighted by Gasteiger charge is -2.34. The second-order valence-corrected chi connectivity index (χ2v) is 4.07. The minimum absolute atomic E-state index is 0.0400. The van der Waals surface area contributed by atoms with Crippen LogP contribution in [0.2, 0.25) is 0 Å². The molecule has 1 aliphatic rings. The molecule has 0 aliphatic heterocycles. The average molecular weight is 220 g/mol. The van der Waals surface area contributed by atoms with E-state index in [1.165, 1.54) is 6.42 Å². The van der Waals surface area contributed by atoms with Gasteiger partial charge in [-0.15, -0.1) is 0 Å². The zero-order valence-electron chi connectivity index (χ0n) is 9.31. The highest BCUT2D eigenvalue weighted by Crippen LogP contribution is 2.24. The number of aromatic nitrogens is 1. The van der Waals surface area contributed by atoms with Gasteiger partial charge in [0.05, 0.1) is 5.69 Å². The van der Waals surface area contributed by atoms with E-state index >= 15 is 0 Å². The largest absolute Gasteiger partial charge is 0.337 e. The maximum atomic E-state index is 12.0. The standard InChI is InChI=1S/C11H16N4O/c1-15(9-3-2-4-9)11(16)10-7-8(14-12)5-6-13-10/h5-7,9H,2-4,12H2,1H3,(H,13,14). The summed E-state index contributed by atoms with van der Waals surface area (Å²) in [6.07, 6.45) is 4.98. The topological polar surface area (TPSA) is 71.2 Å². The number of nitrogens with zero attached hydrogens (tertiary/aromatic N) is 2. The number of rotatable bonds is 3. The molecule has 3 N–H and O–H groups in total. The number of anilines is 1. The smallest absolute Gasteiger partial charge is 0.272 e. The molecule has 1 fully saturated rings. The van der Waals surface area contributed by atoms with Crippen molar-refractivity contribution in [2.45, 2.75) is 25.3 Å². The summed E-state index contributed by atoms with van der Waals surface area (Å²) in [7, 11) is 1.83. The molecule has 1 heterocycles. The van der Waals surface area contributed by atoms with Crippen molar-refractivity contribution in [3.05, 3.63) is 24.0 Å². The predicted molar refractivity (Wildman–Crippen MR) is 61.8 cm³/mol. The Morgan fingerprint density at radius 2 is 2.38 bits per heavy atom. The van der Waals surface area contributed by atoms with E-state index in [0.29, 0.717) is 17.4 Å². The van der Waals surface area contributed by atoms with E-state index in [9.17, 15) is 4.79 Å². The molecular weight excluding hydrogens is 204 g/mol. The maximum Gasteiger partial charge on any atom is 0.272 e. The lowest BCUT2D eigenvalue weighted by atomic mass is 9.92. The zero-order valence-corrected chi connectivity index (χ0v) is 9.31. The lowest BCUT2D eigenvalue weighted by Crippen LogP contribution is -2.41. The van der Waals surface area contributed by atoms with Crippen LogP contribution in [0, 0.1) is 0 Å². The van der Waals surface area contributed by atoms with Crippen LogP contribution in [0.3, 0.4) is 0 Å². The molecule has 86 valence electrons. The molecule has 5 nitrogen and oxygen atoms in total. The van der Waals surface area contributed by atoms with Gasteiger partial charge < -0.3 is 10.3 Å². The summed E-state index contributed by atoms with van der Waals surface area (Å²) >= 11 is 0. The molecule has 16 heavy (non-hydrogen) atoms. The fourth-order valence-electron chi connectivity index (χ4n) is 1.76. The summed E-state index contributed by atoms with van der Waals surface area (Å²) in [5.74, 6) is 5.25. The fraction of sp³-hybridized carbons (Fsp3) is 0.455. The Kier molecular flexibility index (Phi) is 3.05. The summed E-state index contributed by atoms with van der Waals surface area (Å²) in [6, 6.07) is 3.77. The number of carbonyl (C=O) groups is 1. The first-order chi connectivity index (χ1) is 7.72. The van der Waals surface area contributed by atoms with Crippen molar-refractivity contribution in [2.24, 2.45) is 5.84 Å². The van der Waals surface area contributed by atoms with Gasteiger partial charge in [0.1, 0.15) is 5.69 Å². The maximum absolute atomic E-state index is 12.0. The van der Waals surface area contributed by atoms with E-state index in [0.717, 1.165) is 12.8 Å². The molecule has 2 rings (SSSR count). The van der Waals surface area contributed by atoms with Gasteiger partial charge >= 0.3 is 0 Å². The van der Waals surface area contributed by atoms with Crippen LogP contribution in [0.15, 0.2) is 18.3 Å². The Hall–Kier alpha value is -1.62. The van der Waals surface area contributed by atoms with Crippen molar-refractivity contribution in [1.82, 2.24) is 9.88 Å². The molecule has 0 radical (unpaired) electrons. The second-order valence-electron chi connectivity index (χ2n) is 4.07. The van der Waals surface area contributed by atoms with Gasteiger partial charge in [0.25, 0.3) is 5.91 Å². The first-order valence-electron chi connectivity index (χ1n) is 5.42. The van der Waals surface area contributed by atoms with Crippen LogP contribution in [-0.4, -0.2) is 28.9 Å². The van der Waals surface area contributed by atoms with Crippen molar-refractivity contribution >= 4 is 11.6 Å². The molecule has 0 bridgehead atoms. The minimum atomic E-state index is -0.0400. The van der Waals surface area contributed by atoms with Crippen molar-refractivity contribution in [1.29, 1.82) is 0 Å². The van der Waals surface area contributed by atoms with Gasteiger partial charge in [-0.25, -0.2) is 0 Å². The number of hydrogen-bond donors (Lipinski definition) is 2. The molecule has 0 spiro atoms. The summed E-state index contributed by atoms with van der Waals surface area (Å²) in [6.45, 7) is 0. The summed E-state index contributed by atoms with van der Waals surface area (Å²) in [4.78, 5) is 17.9. The monoisotopic (exact) mass is 220 g/mol. The second kappa shape index (κ2) is 4.49. The molecule has 5 heteroatoms. The molecule has 1 aromatic heterocycles. The van der Waals surface area contributed by atoms with Crippen LogP contribution >= 0.6 is 0 Å². The quantitative estimate of drug-likeness (QED) is 0.588. The minimum Gasteiger partial charge on any atom is -0.337 e. The molecule has 0 saturated heterocycles. The summed E-state index contributed by atoms with van der Waals surface area (Å²) in [5.41, 5.74) is 3.64.